The molecule has 0 amide bonds. The van der Waals surface area contributed by atoms with Gasteiger partial charge in [0, 0.05) is 10.8 Å². The van der Waals surface area contributed by atoms with Crippen LogP contribution in [0.2, 0.25) is 5.02 Å². The van der Waals surface area contributed by atoms with Crippen molar-refractivity contribution >= 4 is 23.4 Å². The van der Waals surface area contributed by atoms with Crippen molar-refractivity contribution in [2.45, 2.75) is 12.1 Å². The SMILES string of the molecule is Cc1occc1-c1nnc(SCCOc2cccc(Cl)c2)o1. The molecule has 114 valence electrons. The van der Waals surface area contributed by atoms with Crippen molar-refractivity contribution in [1.29, 1.82) is 0 Å². The number of furan rings is 1. The number of rotatable bonds is 6. The number of aryl methyl sites for hydroxylation is 1. The van der Waals surface area contributed by atoms with E-state index in [1.165, 1.54) is 11.8 Å². The van der Waals surface area contributed by atoms with Crippen molar-refractivity contribution in [3.63, 3.8) is 0 Å². The second-order valence-electron chi connectivity index (χ2n) is 4.42. The van der Waals surface area contributed by atoms with Crippen LogP contribution in [-0.2, 0) is 0 Å². The Kier molecular flexibility index (Phi) is 4.70. The maximum atomic E-state index is 5.89. The van der Waals surface area contributed by atoms with Crippen molar-refractivity contribution in [1.82, 2.24) is 10.2 Å². The Balaban J connectivity index is 1.50. The molecule has 2 heterocycles. The smallest absolute Gasteiger partial charge is 0.276 e. The van der Waals surface area contributed by atoms with Gasteiger partial charge in [0.15, 0.2) is 0 Å². The van der Waals surface area contributed by atoms with E-state index in [-0.39, 0.29) is 0 Å². The predicted octanol–water partition coefficient (Wildman–Crippen LogP) is 4.46. The second kappa shape index (κ2) is 6.89. The number of nitrogens with zero attached hydrogens (tertiary/aromatic N) is 2. The molecular formula is C15H13ClN2O3S. The molecule has 1 aromatic carbocycles. The lowest BCUT2D eigenvalue weighted by Gasteiger charge is -2.04. The van der Waals surface area contributed by atoms with Crippen LogP contribution in [0.4, 0.5) is 0 Å². The summed E-state index contributed by atoms with van der Waals surface area (Å²) in [5.74, 6) is 2.65. The lowest BCUT2D eigenvalue weighted by molar-refractivity contribution is 0.343. The molecule has 0 unspecified atom stereocenters. The monoisotopic (exact) mass is 336 g/mol. The molecule has 3 aromatic rings. The third-order valence-electron chi connectivity index (χ3n) is 2.87. The van der Waals surface area contributed by atoms with E-state index in [1.807, 2.05) is 19.1 Å². The van der Waals surface area contributed by atoms with E-state index in [1.54, 1.807) is 24.5 Å². The summed E-state index contributed by atoms with van der Waals surface area (Å²) in [6, 6.07) is 9.10. The summed E-state index contributed by atoms with van der Waals surface area (Å²) in [6.07, 6.45) is 1.60. The highest BCUT2D eigenvalue weighted by Gasteiger charge is 2.13. The molecule has 0 aliphatic rings. The van der Waals surface area contributed by atoms with Crippen molar-refractivity contribution in [2.75, 3.05) is 12.4 Å². The Morgan fingerprint density at radius 3 is 2.95 bits per heavy atom. The molecule has 0 spiro atoms. The molecule has 0 N–H and O–H groups in total. The fourth-order valence-corrected chi connectivity index (χ4v) is 2.59. The second-order valence-corrected chi connectivity index (χ2v) is 5.90. The molecule has 5 nitrogen and oxygen atoms in total. The van der Waals surface area contributed by atoms with Crippen LogP contribution in [0.25, 0.3) is 11.5 Å². The van der Waals surface area contributed by atoms with Crippen LogP contribution in [0.5, 0.6) is 5.75 Å². The van der Waals surface area contributed by atoms with Crippen LogP contribution in [-0.4, -0.2) is 22.6 Å². The number of hydrogen-bond acceptors (Lipinski definition) is 6. The van der Waals surface area contributed by atoms with Crippen molar-refractivity contribution < 1.29 is 13.6 Å². The summed E-state index contributed by atoms with van der Waals surface area (Å²) in [5.41, 5.74) is 0.814. The molecule has 3 rings (SSSR count). The number of ether oxygens (including phenoxy) is 1. The first-order valence-corrected chi connectivity index (χ1v) is 7.98. The molecule has 2 aromatic heterocycles. The summed E-state index contributed by atoms with van der Waals surface area (Å²) in [6.45, 7) is 2.37. The van der Waals surface area contributed by atoms with Crippen LogP contribution in [0, 0.1) is 6.92 Å². The number of benzene rings is 1. The van der Waals surface area contributed by atoms with Gasteiger partial charge >= 0.3 is 0 Å². The molecule has 7 heteroatoms. The summed E-state index contributed by atoms with van der Waals surface area (Å²) in [4.78, 5) is 0. The Labute approximate surface area is 136 Å². The third kappa shape index (κ3) is 3.64. The zero-order chi connectivity index (χ0) is 15.4. The number of halogens is 1. The Morgan fingerprint density at radius 2 is 2.18 bits per heavy atom. The minimum absolute atomic E-state index is 0.463. The Morgan fingerprint density at radius 1 is 1.27 bits per heavy atom. The minimum atomic E-state index is 0.463. The largest absolute Gasteiger partial charge is 0.493 e. The molecule has 0 atom stereocenters. The van der Waals surface area contributed by atoms with Gasteiger partial charge in [-0.3, -0.25) is 0 Å². The molecule has 0 bridgehead atoms. The first kappa shape index (κ1) is 15.0. The average Bonchev–Trinajstić information content (AvgIpc) is 3.12. The lowest BCUT2D eigenvalue weighted by atomic mass is 10.3. The van der Waals surface area contributed by atoms with Gasteiger partial charge in [0.05, 0.1) is 18.4 Å². The van der Waals surface area contributed by atoms with Crippen LogP contribution >= 0.6 is 23.4 Å². The van der Waals surface area contributed by atoms with E-state index in [4.69, 9.17) is 25.2 Å². The zero-order valence-corrected chi connectivity index (χ0v) is 13.4. The molecule has 22 heavy (non-hydrogen) atoms. The van der Waals surface area contributed by atoms with Gasteiger partial charge < -0.3 is 13.6 Å². The molecule has 0 radical (unpaired) electrons. The van der Waals surface area contributed by atoms with Gasteiger partial charge in [-0.1, -0.05) is 29.4 Å². The summed E-state index contributed by atoms with van der Waals surface area (Å²) >= 11 is 7.33. The fourth-order valence-electron chi connectivity index (χ4n) is 1.83. The van der Waals surface area contributed by atoms with Crippen molar-refractivity contribution in [2.24, 2.45) is 0 Å². The average molecular weight is 337 g/mol. The predicted molar refractivity (Wildman–Crippen MR) is 84.4 cm³/mol. The highest BCUT2D eigenvalue weighted by molar-refractivity contribution is 7.99. The number of thioether (sulfide) groups is 1. The van der Waals surface area contributed by atoms with Gasteiger partial charge in [0.2, 0.25) is 0 Å². The van der Waals surface area contributed by atoms with E-state index in [2.05, 4.69) is 10.2 Å². The normalized spacial score (nSPS) is 10.8. The molecule has 0 aliphatic carbocycles. The van der Waals surface area contributed by atoms with Gasteiger partial charge in [-0.15, -0.1) is 10.2 Å². The summed E-state index contributed by atoms with van der Waals surface area (Å²) < 4.78 is 16.4. The highest BCUT2D eigenvalue weighted by Crippen LogP contribution is 2.26. The van der Waals surface area contributed by atoms with E-state index in [0.717, 1.165) is 17.1 Å². The van der Waals surface area contributed by atoms with Gasteiger partial charge in [-0.2, -0.15) is 0 Å². The van der Waals surface area contributed by atoms with Crippen molar-refractivity contribution in [3.8, 4) is 17.2 Å². The summed E-state index contributed by atoms with van der Waals surface area (Å²) in [5, 5.41) is 9.17. The molecular weight excluding hydrogens is 324 g/mol. The van der Waals surface area contributed by atoms with Crippen LogP contribution in [0.1, 0.15) is 5.76 Å². The molecule has 0 saturated heterocycles. The van der Waals surface area contributed by atoms with Gasteiger partial charge in [-0.05, 0) is 31.2 Å². The zero-order valence-electron chi connectivity index (χ0n) is 11.8. The van der Waals surface area contributed by atoms with Crippen molar-refractivity contribution in [3.05, 3.63) is 47.4 Å². The molecule has 0 aliphatic heterocycles. The van der Waals surface area contributed by atoms with Crippen LogP contribution in [0.15, 0.2) is 50.7 Å². The van der Waals surface area contributed by atoms with Crippen LogP contribution in [0.3, 0.4) is 0 Å². The standard InChI is InChI=1S/C15H13ClN2O3S/c1-10-13(5-6-19-10)14-17-18-15(21-14)22-8-7-20-12-4-2-3-11(16)9-12/h2-6,9H,7-8H2,1H3. The van der Waals surface area contributed by atoms with E-state index >= 15 is 0 Å². The summed E-state index contributed by atoms with van der Waals surface area (Å²) in [7, 11) is 0. The third-order valence-corrected chi connectivity index (χ3v) is 3.89. The maximum absolute atomic E-state index is 5.89. The van der Waals surface area contributed by atoms with Gasteiger partial charge in [-0.25, -0.2) is 0 Å². The van der Waals surface area contributed by atoms with Gasteiger partial charge in [0.1, 0.15) is 11.5 Å². The Bertz CT molecular complexity index is 757. The van der Waals surface area contributed by atoms with Crippen LogP contribution < -0.4 is 4.74 Å². The number of aromatic nitrogens is 2. The maximum Gasteiger partial charge on any atom is 0.276 e. The van der Waals surface area contributed by atoms with E-state index < -0.39 is 0 Å². The first-order chi connectivity index (χ1) is 10.7. The highest BCUT2D eigenvalue weighted by atomic mass is 35.5. The minimum Gasteiger partial charge on any atom is -0.493 e. The topological polar surface area (TPSA) is 61.3 Å². The number of hydrogen-bond donors (Lipinski definition) is 0. The Hall–Kier alpha value is -1.92. The van der Waals surface area contributed by atoms with Gasteiger partial charge in [0.25, 0.3) is 11.1 Å². The lowest BCUT2D eigenvalue weighted by Crippen LogP contribution is -1.99. The molecule has 0 fully saturated rings. The quantitative estimate of drug-likeness (QED) is 0.489. The van der Waals surface area contributed by atoms with E-state index in [0.29, 0.717) is 28.5 Å². The first-order valence-electron chi connectivity index (χ1n) is 6.61. The van der Waals surface area contributed by atoms with E-state index in [9.17, 15) is 0 Å². The molecule has 0 saturated carbocycles. The fraction of sp³-hybridized carbons (Fsp3) is 0.200.